The van der Waals surface area contributed by atoms with Crippen molar-refractivity contribution in [1.82, 2.24) is 24.5 Å². The van der Waals surface area contributed by atoms with Crippen LogP contribution in [0.3, 0.4) is 0 Å². The van der Waals surface area contributed by atoms with Gasteiger partial charge in [0.15, 0.2) is 6.61 Å². The van der Waals surface area contributed by atoms with Gasteiger partial charge in [-0.05, 0) is 29.5 Å². The molecule has 0 aliphatic carbocycles. The molecule has 0 unspecified atom stereocenters. The second kappa shape index (κ2) is 6.22. The highest BCUT2D eigenvalue weighted by Gasteiger charge is 2.36. The number of benzene rings is 1. The minimum absolute atomic E-state index is 0.00914. The first-order valence-corrected chi connectivity index (χ1v) is 8.50. The molecule has 1 fully saturated rings. The highest BCUT2D eigenvalue weighted by atomic mass is 32.2. The zero-order chi connectivity index (χ0) is 16.4. The maximum atomic E-state index is 12.3. The Labute approximate surface area is 133 Å². The van der Waals surface area contributed by atoms with Crippen molar-refractivity contribution in [1.29, 1.82) is 0 Å². The molecular formula is C13H17N5O4S. The van der Waals surface area contributed by atoms with Crippen molar-refractivity contribution >= 4 is 10.0 Å². The number of nitrogens with zero attached hydrogens (tertiary/aromatic N) is 5. The Bertz CT molecular complexity index is 768. The quantitative estimate of drug-likeness (QED) is 0.748. The standard InChI is InChI=1S/C13H17N5O4S/c1-17-15-13(14-16-17)9-22-11-2-4-12(5-3-11)23(20,21)18-6-10(7-18)8-19/h2-5,10,19H,6-9H2,1H3. The van der Waals surface area contributed by atoms with Gasteiger partial charge >= 0.3 is 0 Å². The molecule has 23 heavy (non-hydrogen) atoms. The second-order valence-electron chi connectivity index (χ2n) is 5.33. The molecule has 9 nitrogen and oxygen atoms in total. The van der Waals surface area contributed by atoms with Gasteiger partial charge in [-0.15, -0.1) is 10.2 Å². The number of hydrogen-bond acceptors (Lipinski definition) is 7. The maximum Gasteiger partial charge on any atom is 0.243 e. The minimum Gasteiger partial charge on any atom is -0.485 e. The average Bonchev–Trinajstić information content (AvgIpc) is 2.90. The van der Waals surface area contributed by atoms with Gasteiger partial charge in [0.2, 0.25) is 15.8 Å². The van der Waals surface area contributed by atoms with Crippen LogP contribution in [0.15, 0.2) is 29.2 Å². The number of aliphatic hydroxyl groups excluding tert-OH is 1. The molecule has 0 amide bonds. The van der Waals surface area contributed by atoms with E-state index in [2.05, 4.69) is 15.4 Å². The monoisotopic (exact) mass is 339 g/mol. The lowest BCUT2D eigenvalue weighted by molar-refractivity contribution is 0.117. The lowest BCUT2D eigenvalue weighted by Crippen LogP contribution is -2.51. The Morgan fingerprint density at radius 1 is 1.30 bits per heavy atom. The van der Waals surface area contributed by atoms with Gasteiger partial charge in [0, 0.05) is 25.6 Å². The molecule has 2 aromatic rings. The Morgan fingerprint density at radius 3 is 2.57 bits per heavy atom. The maximum absolute atomic E-state index is 12.3. The summed E-state index contributed by atoms with van der Waals surface area (Å²) in [5.74, 6) is 1.000. The smallest absolute Gasteiger partial charge is 0.243 e. The summed E-state index contributed by atoms with van der Waals surface area (Å²) in [5, 5.41) is 20.5. The highest BCUT2D eigenvalue weighted by molar-refractivity contribution is 7.89. The summed E-state index contributed by atoms with van der Waals surface area (Å²) in [7, 11) is -1.84. The van der Waals surface area contributed by atoms with Crippen molar-refractivity contribution < 1.29 is 18.3 Å². The zero-order valence-corrected chi connectivity index (χ0v) is 13.3. The molecule has 10 heteroatoms. The Kier molecular flexibility index (Phi) is 4.28. The first-order valence-electron chi connectivity index (χ1n) is 7.06. The van der Waals surface area contributed by atoms with Gasteiger partial charge in [0.05, 0.1) is 11.9 Å². The SMILES string of the molecule is Cn1nnc(COc2ccc(S(=O)(=O)N3CC(CO)C3)cc2)n1. The Morgan fingerprint density at radius 2 is 2.00 bits per heavy atom. The van der Waals surface area contributed by atoms with Crippen molar-refractivity contribution in [2.24, 2.45) is 13.0 Å². The van der Waals surface area contributed by atoms with Crippen LogP contribution in [0.4, 0.5) is 0 Å². The first kappa shape index (κ1) is 15.8. The van der Waals surface area contributed by atoms with Crippen molar-refractivity contribution in [2.45, 2.75) is 11.5 Å². The van der Waals surface area contributed by atoms with Crippen LogP contribution in [0.25, 0.3) is 0 Å². The minimum atomic E-state index is -3.50. The van der Waals surface area contributed by atoms with Gasteiger partial charge in [-0.1, -0.05) is 0 Å². The van der Waals surface area contributed by atoms with E-state index in [-0.39, 0.29) is 24.0 Å². The molecule has 1 aliphatic rings. The van der Waals surface area contributed by atoms with Crippen molar-refractivity contribution in [3.05, 3.63) is 30.1 Å². The molecule has 0 atom stereocenters. The van der Waals surface area contributed by atoms with Gasteiger partial charge in [0.25, 0.3) is 0 Å². The number of tetrazole rings is 1. The van der Waals surface area contributed by atoms with Crippen LogP contribution in [0, 0.1) is 5.92 Å². The number of aliphatic hydroxyl groups is 1. The van der Waals surface area contributed by atoms with Crippen LogP contribution in [-0.2, 0) is 23.7 Å². The van der Waals surface area contributed by atoms with Crippen LogP contribution >= 0.6 is 0 Å². The molecule has 0 bridgehead atoms. The number of aryl methyl sites for hydroxylation is 1. The number of rotatable bonds is 6. The number of hydrogen-bond donors (Lipinski definition) is 1. The lowest BCUT2D eigenvalue weighted by atomic mass is 10.1. The van der Waals surface area contributed by atoms with Crippen LogP contribution < -0.4 is 4.74 Å². The molecule has 0 spiro atoms. The van der Waals surface area contributed by atoms with Crippen LogP contribution in [-0.4, -0.2) is 57.7 Å². The van der Waals surface area contributed by atoms with Gasteiger partial charge in [0.1, 0.15) is 5.75 Å². The van der Waals surface area contributed by atoms with E-state index in [1.165, 1.54) is 21.2 Å². The lowest BCUT2D eigenvalue weighted by Gasteiger charge is -2.36. The molecule has 2 heterocycles. The van der Waals surface area contributed by atoms with Crippen molar-refractivity contribution in [3.8, 4) is 5.75 Å². The zero-order valence-electron chi connectivity index (χ0n) is 12.5. The Hall–Kier alpha value is -2.04. The van der Waals surface area contributed by atoms with E-state index in [1.54, 1.807) is 19.2 Å². The van der Waals surface area contributed by atoms with Gasteiger partial charge in [-0.25, -0.2) is 8.42 Å². The summed E-state index contributed by atoms with van der Waals surface area (Å²) in [6.07, 6.45) is 0. The summed E-state index contributed by atoms with van der Waals surface area (Å²) >= 11 is 0. The predicted octanol–water partition coefficient (Wildman–Crippen LogP) is -0.598. The predicted molar refractivity (Wildman–Crippen MR) is 78.9 cm³/mol. The van der Waals surface area contributed by atoms with Crippen LogP contribution in [0.5, 0.6) is 5.75 Å². The van der Waals surface area contributed by atoms with Crippen molar-refractivity contribution in [2.75, 3.05) is 19.7 Å². The van der Waals surface area contributed by atoms with E-state index < -0.39 is 10.0 Å². The third-order valence-electron chi connectivity index (χ3n) is 3.56. The van der Waals surface area contributed by atoms with Crippen molar-refractivity contribution in [3.63, 3.8) is 0 Å². The third kappa shape index (κ3) is 3.33. The molecule has 124 valence electrons. The van der Waals surface area contributed by atoms with E-state index in [1.807, 2.05) is 0 Å². The first-order chi connectivity index (χ1) is 11.0. The van der Waals surface area contributed by atoms with E-state index in [9.17, 15) is 8.42 Å². The summed E-state index contributed by atoms with van der Waals surface area (Å²) in [4.78, 5) is 1.54. The van der Waals surface area contributed by atoms with Gasteiger partial charge < -0.3 is 9.84 Å². The van der Waals surface area contributed by atoms with Gasteiger partial charge in [-0.3, -0.25) is 0 Å². The number of sulfonamides is 1. The molecule has 1 aromatic carbocycles. The molecule has 1 N–H and O–H groups in total. The van der Waals surface area contributed by atoms with E-state index >= 15 is 0 Å². The Balaban J connectivity index is 1.62. The molecule has 3 rings (SSSR count). The fourth-order valence-electron chi connectivity index (χ4n) is 2.22. The summed E-state index contributed by atoms with van der Waals surface area (Å²) in [5.41, 5.74) is 0. The molecule has 1 aliphatic heterocycles. The number of aromatic nitrogens is 4. The topological polar surface area (TPSA) is 110 Å². The van der Waals surface area contributed by atoms with E-state index in [0.29, 0.717) is 24.7 Å². The molecular weight excluding hydrogens is 322 g/mol. The van der Waals surface area contributed by atoms with Gasteiger partial charge in [-0.2, -0.15) is 9.10 Å². The van der Waals surface area contributed by atoms with Crippen LogP contribution in [0.2, 0.25) is 0 Å². The normalized spacial score (nSPS) is 16.3. The summed E-state index contributed by atoms with van der Waals surface area (Å²) in [6.45, 7) is 0.879. The largest absolute Gasteiger partial charge is 0.485 e. The fourth-order valence-corrected chi connectivity index (χ4v) is 3.81. The number of ether oxygens (including phenoxy) is 1. The molecule has 1 saturated heterocycles. The molecule has 1 aromatic heterocycles. The highest BCUT2D eigenvalue weighted by Crippen LogP contribution is 2.26. The average molecular weight is 339 g/mol. The van der Waals surface area contributed by atoms with E-state index in [0.717, 1.165) is 0 Å². The molecule has 0 saturated carbocycles. The van der Waals surface area contributed by atoms with E-state index in [4.69, 9.17) is 9.84 Å². The molecule has 0 radical (unpaired) electrons. The second-order valence-corrected chi connectivity index (χ2v) is 7.26. The summed E-state index contributed by atoms with van der Waals surface area (Å²) in [6, 6.07) is 6.18. The van der Waals surface area contributed by atoms with Crippen LogP contribution in [0.1, 0.15) is 5.82 Å². The fraction of sp³-hybridized carbons (Fsp3) is 0.462. The third-order valence-corrected chi connectivity index (χ3v) is 5.41. The summed E-state index contributed by atoms with van der Waals surface area (Å²) < 4.78 is 31.5.